The smallest absolute Gasteiger partial charge is 0.0247 e. The van der Waals surface area contributed by atoms with E-state index in [1.165, 1.54) is 25.7 Å². The first-order valence-corrected chi connectivity index (χ1v) is 5.69. The highest BCUT2D eigenvalue weighted by atomic mass is 14.1. The number of rotatable bonds is 7. The fraction of sp³-hybridized carbons (Fsp3) is 0.571. The number of hydrogen-bond acceptors (Lipinski definition) is 0. The van der Waals surface area contributed by atoms with Crippen LogP contribution in [0.25, 0.3) is 0 Å². The normalized spacial score (nSPS) is 9.64. The van der Waals surface area contributed by atoms with Gasteiger partial charge in [0.15, 0.2) is 0 Å². The number of allylic oxidation sites excluding steroid dienone is 4. The van der Waals surface area contributed by atoms with E-state index in [0.717, 1.165) is 12.0 Å². The van der Waals surface area contributed by atoms with Crippen molar-refractivity contribution in [3.63, 3.8) is 0 Å². The van der Waals surface area contributed by atoms with Crippen LogP contribution in [0.2, 0.25) is 0 Å². The van der Waals surface area contributed by atoms with Crippen molar-refractivity contribution >= 4 is 0 Å². The summed E-state index contributed by atoms with van der Waals surface area (Å²) in [4.78, 5) is 0. The van der Waals surface area contributed by atoms with Gasteiger partial charge in [-0.1, -0.05) is 56.7 Å². The van der Waals surface area contributed by atoms with Crippen molar-refractivity contribution in [3.05, 3.63) is 36.0 Å². The van der Waals surface area contributed by atoms with Gasteiger partial charge in [0.05, 0.1) is 0 Å². The number of hydrogen-bond donors (Lipinski definition) is 0. The van der Waals surface area contributed by atoms with Gasteiger partial charge in [0.25, 0.3) is 0 Å². The van der Waals surface area contributed by atoms with Crippen LogP contribution >= 0.6 is 0 Å². The Labute approximate surface area is 89.4 Å². The van der Waals surface area contributed by atoms with E-state index in [1.54, 1.807) is 11.1 Å². The second-order valence-corrected chi connectivity index (χ2v) is 3.63. The maximum atomic E-state index is 3.95. The Morgan fingerprint density at radius 1 is 0.929 bits per heavy atom. The zero-order chi connectivity index (χ0) is 11.0. The van der Waals surface area contributed by atoms with Crippen LogP contribution in [0.15, 0.2) is 36.0 Å². The lowest BCUT2D eigenvalue weighted by molar-refractivity contribution is 0.824. The molecule has 0 fully saturated rings. The molecule has 0 amide bonds. The highest BCUT2D eigenvalue weighted by Crippen LogP contribution is 2.22. The maximum absolute atomic E-state index is 3.95. The Morgan fingerprint density at radius 3 is 1.79 bits per heavy atom. The first-order chi connectivity index (χ1) is 6.69. The monoisotopic (exact) mass is 192 g/mol. The van der Waals surface area contributed by atoms with Crippen LogP contribution in [0.1, 0.15) is 52.9 Å². The van der Waals surface area contributed by atoms with E-state index >= 15 is 0 Å². The molecule has 0 radical (unpaired) electrons. The molecule has 0 aromatic rings. The summed E-state index contributed by atoms with van der Waals surface area (Å²) in [6, 6.07) is 0. The summed E-state index contributed by atoms with van der Waals surface area (Å²) in [5.74, 6) is 0. The van der Waals surface area contributed by atoms with Crippen molar-refractivity contribution in [1.82, 2.24) is 0 Å². The summed E-state index contributed by atoms with van der Waals surface area (Å²) in [5.41, 5.74) is 4.41. The van der Waals surface area contributed by atoms with Crippen LogP contribution in [0.3, 0.4) is 0 Å². The molecule has 0 heterocycles. The molecule has 0 spiro atoms. The molecule has 0 rings (SSSR count). The topological polar surface area (TPSA) is 0 Å². The van der Waals surface area contributed by atoms with Gasteiger partial charge in [-0.2, -0.15) is 0 Å². The van der Waals surface area contributed by atoms with Gasteiger partial charge in [-0.05, 0) is 32.1 Å². The predicted molar refractivity (Wildman–Crippen MR) is 66.5 cm³/mol. The molecular weight excluding hydrogens is 168 g/mol. The lowest BCUT2D eigenvalue weighted by Crippen LogP contribution is -1.91. The van der Waals surface area contributed by atoms with Crippen LogP contribution in [0.5, 0.6) is 0 Å². The predicted octanol–water partition coefficient (Wildman–Crippen LogP) is 5.04. The van der Waals surface area contributed by atoms with Gasteiger partial charge in [-0.3, -0.25) is 0 Å². The van der Waals surface area contributed by atoms with E-state index in [2.05, 4.69) is 33.9 Å². The molecule has 0 bridgehead atoms. The molecule has 0 aliphatic heterocycles. The van der Waals surface area contributed by atoms with Crippen molar-refractivity contribution in [2.24, 2.45) is 0 Å². The Hall–Kier alpha value is -0.780. The SMILES string of the molecule is C=CC(=C)CCC(CC)=C(CC)CC. The lowest BCUT2D eigenvalue weighted by Gasteiger charge is -2.11. The van der Waals surface area contributed by atoms with Gasteiger partial charge >= 0.3 is 0 Å². The summed E-state index contributed by atoms with van der Waals surface area (Å²) >= 11 is 0. The van der Waals surface area contributed by atoms with Gasteiger partial charge in [0.1, 0.15) is 0 Å². The third kappa shape index (κ3) is 4.45. The fourth-order valence-electron chi connectivity index (χ4n) is 1.77. The molecule has 0 saturated heterocycles. The van der Waals surface area contributed by atoms with Crippen LogP contribution in [0, 0.1) is 0 Å². The summed E-state index contributed by atoms with van der Waals surface area (Å²) in [5, 5.41) is 0. The van der Waals surface area contributed by atoms with E-state index in [1.807, 2.05) is 6.08 Å². The summed E-state index contributed by atoms with van der Waals surface area (Å²) < 4.78 is 0. The second kappa shape index (κ2) is 7.61. The molecule has 0 aliphatic carbocycles. The lowest BCUT2D eigenvalue weighted by atomic mass is 9.95. The standard InChI is InChI=1S/C14H24/c1-6-12(5)10-11-14(9-4)13(7-2)8-3/h6H,1,5,7-11H2,2-4H3. The Kier molecular flexibility index (Phi) is 7.18. The molecule has 14 heavy (non-hydrogen) atoms. The highest BCUT2D eigenvalue weighted by molar-refractivity contribution is 5.18. The van der Waals surface area contributed by atoms with Gasteiger partial charge < -0.3 is 0 Å². The molecule has 0 saturated carbocycles. The van der Waals surface area contributed by atoms with Crippen molar-refractivity contribution in [2.45, 2.75) is 52.9 Å². The largest absolute Gasteiger partial charge is 0.0988 e. The molecular formula is C14H24. The molecule has 0 aliphatic rings. The maximum Gasteiger partial charge on any atom is -0.0247 e. The summed E-state index contributed by atoms with van der Waals surface area (Å²) in [6.07, 6.45) is 7.67. The zero-order valence-corrected chi connectivity index (χ0v) is 10.0. The first-order valence-electron chi connectivity index (χ1n) is 5.69. The van der Waals surface area contributed by atoms with E-state index in [9.17, 15) is 0 Å². The Morgan fingerprint density at radius 2 is 1.43 bits per heavy atom. The second-order valence-electron chi connectivity index (χ2n) is 3.63. The van der Waals surface area contributed by atoms with Crippen LogP contribution in [-0.2, 0) is 0 Å². The molecule has 0 N–H and O–H groups in total. The third-order valence-corrected chi connectivity index (χ3v) is 2.82. The molecule has 0 unspecified atom stereocenters. The van der Waals surface area contributed by atoms with Crippen LogP contribution in [0.4, 0.5) is 0 Å². The van der Waals surface area contributed by atoms with E-state index in [-0.39, 0.29) is 0 Å². The van der Waals surface area contributed by atoms with E-state index in [4.69, 9.17) is 0 Å². The average Bonchev–Trinajstić information content (AvgIpc) is 2.23. The van der Waals surface area contributed by atoms with Gasteiger partial charge in [0.2, 0.25) is 0 Å². The molecule has 0 nitrogen and oxygen atoms in total. The van der Waals surface area contributed by atoms with Crippen molar-refractivity contribution in [1.29, 1.82) is 0 Å². The fourth-order valence-corrected chi connectivity index (χ4v) is 1.77. The Balaban J connectivity index is 4.33. The van der Waals surface area contributed by atoms with Crippen molar-refractivity contribution in [3.8, 4) is 0 Å². The molecule has 0 heteroatoms. The average molecular weight is 192 g/mol. The van der Waals surface area contributed by atoms with Gasteiger partial charge in [-0.25, -0.2) is 0 Å². The molecule has 0 aromatic heterocycles. The zero-order valence-electron chi connectivity index (χ0n) is 10.0. The summed E-state index contributed by atoms with van der Waals surface area (Å²) in [6.45, 7) is 14.4. The van der Waals surface area contributed by atoms with Gasteiger partial charge in [-0.15, -0.1) is 0 Å². The molecule has 80 valence electrons. The van der Waals surface area contributed by atoms with E-state index in [0.29, 0.717) is 0 Å². The minimum absolute atomic E-state index is 1.07. The van der Waals surface area contributed by atoms with Crippen LogP contribution in [-0.4, -0.2) is 0 Å². The molecule has 0 atom stereocenters. The summed E-state index contributed by atoms with van der Waals surface area (Å²) in [7, 11) is 0. The Bertz CT molecular complexity index is 212. The molecule has 0 aromatic carbocycles. The minimum atomic E-state index is 1.07. The van der Waals surface area contributed by atoms with Crippen molar-refractivity contribution in [2.75, 3.05) is 0 Å². The van der Waals surface area contributed by atoms with Crippen molar-refractivity contribution < 1.29 is 0 Å². The first kappa shape index (κ1) is 13.2. The highest BCUT2D eigenvalue weighted by Gasteiger charge is 2.02. The van der Waals surface area contributed by atoms with Gasteiger partial charge in [0, 0.05) is 0 Å². The van der Waals surface area contributed by atoms with E-state index < -0.39 is 0 Å². The third-order valence-electron chi connectivity index (χ3n) is 2.82. The quantitative estimate of drug-likeness (QED) is 0.392. The van der Waals surface area contributed by atoms with Crippen LogP contribution < -0.4 is 0 Å². The minimum Gasteiger partial charge on any atom is -0.0988 e.